The van der Waals surface area contributed by atoms with Gasteiger partial charge in [0.15, 0.2) is 0 Å². The summed E-state index contributed by atoms with van der Waals surface area (Å²) in [6.45, 7) is 2.92. The largest absolute Gasteiger partial charge is 0.494 e. The second-order valence-corrected chi connectivity index (χ2v) is 7.37. The summed E-state index contributed by atoms with van der Waals surface area (Å²) in [5.41, 5.74) is 2.14. The number of carbonyl (C=O) groups is 2. The van der Waals surface area contributed by atoms with Crippen molar-refractivity contribution in [2.24, 2.45) is 0 Å². The minimum atomic E-state index is -0.414. The molecule has 0 aliphatic heterocycles. The molecule has 166 valence electrons. The molecule has 0 saturated carbocycles. The van der Waals surface area contributed by atoms with Crippen LogP contribution >= 0.6 is 0 Å². The van der Waals surface area contributed by atoms with E-state index in [1.807, 2.05) is 30.3 Å². The third-order valence-electron chi connectivity index (χ3n) is 4.83. The van der Waals surface area contributed by atoms with Crippen molar-refractivity contribution in [3.8, 4) is 5.75 Å². The predicted molar refractivity (Wildman–Crippen MR) is 124 cm³/mol. The molecule has 0 atom stereocenters. The molecule has 0 saturated heterocycles. The first-order valence-electron chi connectivity index (χ1n) is 10.9. The van der Waals surface area contributed by atoms with E-state index in [1.165, 1.54) is 25.5 Å². The molecule has 6 heteroatoms. The number of nitrogens with zero attached hydrogens (tertiary/aromatic N) is 1. The quantitative estimate of drug-likeness (QED) is 0.313. The van der Waals surface area contributed by atoms with Crippen molar-refractivity contribution < 1.29 is 19.1 Å². The van der Waals surface area contributed by atoms with Crippen LogP contribution in [0.25, 0.3) is 0 Å². The van der Waals surface area contributed by atoms with E-state index in [4.69, 9.17) is 9.47 Å². The molecular weight excluding hydrogens is 404 g/mol. The highest BCUT2D eigenvalue weighted by atomic mass is 16.5. The zero-order valence-electron chi connectivity index (χ0n) is 18.3. The monoisotopic (exact) mass is 432 g/mol. The van der Waals surface area contributed by atoms with Gasteiger partial charge in [0.2, 0.25) is 0 Å². The second-order valence-electron chi connectivity index (χ2n) is 7.37. The first kappa shape index (κ1) is 23.0. The van der Waals surface area contributed by atoms with Gasteiger partial charge in [-0.15, -0.1) is 0 Å². The number of esters is 1. The first-order valence-corrected chi connectivity index (χ1v) is 10.9. The van der Waals surface area contributed by atoms with Crippen LogP contribution < -0.4 is 10.1 Å². The zero-order valence-corrected chi connectivity index (χ0v) is 18.3. The molecule has 1 N–H and O–H groups in total. The lowest BCUT2D eigenvalue weighted by atomic mass is 10.2. The van der Waals surface area contributed by atoms with Crippen molar-refractivity contribution in [3.63, 3.8) is 0 Å². The van der Waals surface area contributed by atoms with Gasteiger partial charge in [-0.25, -0.2) is 4.79 Å². The van der Waals surface area contributed by atoms with Crippen LogP contribution in [0.4, 0.5) is 5.69 Å². The molecule has 3 aromatic rings. The van der Waals surface area contributed by atoms with Gasteiger partial charge in [-0.05, 0) is 55.0 Å². The first-order chi connectivity index (χ1) is 15.7. The molecule has 0 radical (unpaired) electrons. The number of aromatic nitrogens is 1. The summed E-state index contributed by atoms with van der Waals surface area (Å²) in [4.78, 5) is 28.7. The number of carbonyl (C=O) groups excluding carboxylic acids is 2. The molecule has 0 fully saturated rings. The van der Waals surface area contributed by atoms with Crippen LogP contribution in [0.5, 0.6) is 5.75 Å². The summed E-state index contributed by atoms with van der Waals surface area (Å²) >= 11 is 0. The fourth-order valence-electron chi connectivity index (χ4n) is 3.00. The average molecular weight is 433 g/mol. The number of anilines is 1. The Kier molecular flexibility index (Phi) is 8.80. The van der Waals surface area contributed by atoms with Gasteiger partial charge in [0.05, 0.1) is 23.4 Å². The highest BCUT2D eigenvalue weighted by Crippen LogP contribution is 2.17. The van der Waals surface area contributed by atoms with Gasteiger partial charge in [-0.3, -0.25) is 9.78 Å². The highest BCUT2D eigenvalue weighted by molar-refractivity contribution is 6.04. The van der Waals surface area contributed by atoms with Crippen LogP contribution in [-0.2, 0) is 11.3 Å². The van der Waals surface area contributed by atoms with Crippen LogP contribution in [0.1, 0.15) is 59.0 Å². The summed E-state index contributed by atoms with van der Waals surface area (Å²) in [7, 11) is 0. The van der Waals surface area contributed by atoms with E-state index >= 15 is 0 Å². The van der Waals surface area contributed by atoms with Gasteiger partial charge in [0.1, 0.15) is 12.4 Å². The summed E-state index contributed by atoms with van der Waals surface area (Å²) in [5, 5.41) is 2.84. The molecule has 32 heavy (non-hydrogen) atoms. The number of hydrogen-bond donors (Lipinski definition) is 1. The lowest BCUT2D eigenvalue weighted by Gasteiger charge is -2.09. The smallest absolute Gasteiger partial charge is 0.338 e. The number of nitrogens with one attached hydrogen (secondary N) is 1. The number of hydrogen-bond acceptors (Lipinski definition) is 5. The molecule has 6 nitrogen and oxygen atoms in total. The molecule has 2 aromatic carbocycles. The maximum atomic E-state index is 12.5. The third kappa shape index (κ3) is 7.23. The lowest BCUT2D eigenvalue weighted by molar-refractivity contribution is 0.0467. The SMILES string of the molecule is CCCCCCOc1ccc(NC(=O)c2ccc(COC(=O)c3ccccc3)nc2)cc1. The normalized spacial score (nSPS) is 10.4. The topological polar surface area (TPSA) is 77.5 Å². The maximum Gasteiger partial charge on any atom is 0.338 e. The van der Waals surface area contributed by atoms with Crippen molar-refractivity contribution in [1.29, 1.82) is 0 Å². The Morgan fingerprint density at radius 1 is 0.875 bits per heavy atom. The Hall–Kier alpha value is -3.67. The Labute approximate surface area is 188 Å². The fraction of sp³-hybridized carbons (Fsp3) is 0.269. The van der Waals surface area contributed by atoms with Crippen LogP contribution in [0.2, 0.25) is 0 Å². The van der Waals surface area contributed by atoms with Crippen LogP contribution in [0.3, 0.4) is 0 Å². The van der Waals surface area contributed by atoms with Crippen LogP contribution in [0.15, 0.2) is 72.9 Å². The number of unbranched alkanes of at least 4 members (excludes halogenated alkanes) is 3. The lowest BCUT2D eigenvalue weighted by Crippen LogP contribution is -2.13. The molecule has 0 bridgehead atoms. The van der Waals surface area contributed by atoms with Crippen molar-refractivity contribution in [2.45, 2.75) is 39.2 Å². The molecule has 0 aliphatic carbocycles. The number of benzene rings is 2. The molecule has 0 aliphatic rings. The molecule has 0 unspecified atom stereocenters. The number of pyridine rings is 1. The Morgan fingerprint density at radius 2 is 1.66 bits per heavy atom. The summed E-state index contributed by atoms with van der Waals surface area (Å²) < 4.78 is 11.0. The van der Waals surface area contributed by atoms with E-state index in [-0.39, 0.29) is 12.5 Å². The van der Waals surface area contributed by atoms with Gasteiger partial charge in [-0.2, -0.15) is 0 Å². The number of rotatable bonds is 11. The van der Waals surface area contributed by atoms with Gasteiger partial charge in [-0.1, -0.05) is 44.4 Å². The molecule has 1 amide bonds. The minimum absolute atomic E-state index is 0.0372. The van der Waals surface area contributed by atoms with E-state index in [0.29, 0.717) is 29.1 Å². The second kappa shape index (κ2) is 12.2. The number of amides is 1. The van der Waals surface area contributed by atoms with Crippen LogP contribution in [0, 0.1) is 0 Å². The summed E-state index contributed by atoms with van der Waals surface area (Å²) in [6, 6.07) is 19.4. The molecule has 0 spiro atoms. The number of ether oxygens (including phenoxy) is 2. The van der Waals surface area contributed by atoms with Gasteiger partial charge < -0.3 is 14.8 Å². The van der Waals surface area contributed by atoms with E-state index in [2.05, 4.69) is 17.2 Å². The van der Waals surface area contributed by atoms with Crippen molar-refractivity contribution in [3.05, 3.63) is 89.7 Å². The third-order valence-corrected chi connectivity index (χ3v) is 4.83. The maximum absolute atomic E-state index is 12.5. The fourth-order valence-corrected chi connectivity index (χ4v) is 3.00. The molecule has 1 heterocycles. The zero-order chi connectivity index (χ0) is 22.6. The Morgan fingerprint density at radius 3 is 2.34 bits per heavy atom. The van der Waals surface area contributed by atoms with E-state index in [0.717, 1.165) is 12.2 Å². The van der Waals surface area contributed by atoms with Gasteiger partial charge in [0.25, 0.3) is 5.91 Å². The average Bonchev–Trinajstić information content (AvgIpc) is 2.84. The van der Waals surface area contributed by atoms with Gasteiger partial charge >= 0.3 is 5.97 Å². The summed E-state index contributed by atoms with van der Waals surface area (Å²) in [6.07, 6.45) is 6.11. The van der Waals surface area contributed by atoms with E-state index < -0.39 is 5.97 Å². The summed E-state index contributed by atoms with van der Waals surface area (Å²) in [5.74, 6) is 0.108. The van der Waals surface area contributed by atoms with Crippen molar-refractivity contribution in [1.82, 2.24) is 4.98 Å². The standard InChI is InChI=1S/C26H28N2O4/c1-2-3-4-8-17-31-24-15-13-22(14-16-24)28-25(29)21-11-12-23(27-18-21)19-32-26(30)20-9-6-5-7-10-20/h5-7,9-16,18H,2-4,8,17,19H2,1H3,(H,28,29). The predicted octanol–water partition coefficient (Wildman–Crippen LogP) is 5.65. The molecule has 1 aromatic heterocycles. The van der Waals surface area contributed by atoms with E-state index in [9.17, 15) is 9.59 Å². The molecular formula is C26H28N2O4. The molecule has 3 rings (SSSR count). The Bertz CT molecular complexity index is 987. The van der Waals surface area contributed by atoms with Crippen LogP contribution in [-0.4, -0.2) is 23.5 Å². The van der Waals surface area contributed by atoms with Gasteiger partial charge in [0, 0.05) is 11.9 Å². The Balaban J connectivity index is 1.45. The highest BCUT2D eigenvalue weighted by Gasteiger charge is 2.10. The van der Waals surface area contributed by atoms with Crippen molar-refractivity contribution >= 4 is 17.6 Å². The van der Waals surface area contributed by atoms with Crippen molar-refractivity contribution in [2.75, 3.05) is 11.9 Å². The van der Waals surface area contributed by atoms with E-state index in [1.54, 1.807) is 36.4 Å². The minimum Gasteiger partial charge on any atom is -0.494 e.